The fourth-order valence-electron chi connectivity index (χ4n) is 2.58. The first-order valence-electron chi connectivity index (χ1n) is 7.61. The van der Waals surface area contributed by atoms with Crippen LogP contribution in [0.25, 0.3) is 0 Å². The van der Waals surface area contributed by atoms with Crippen molar-refractivity contribution in [2.24, 2.45) is 0 Å². The zero-order valence-electron chi connectivity index (χ0n) is 12.9. The number of aromatic carboxylic acids is 1. The van der Waals surface area contributed by atoms with Crippen molar-refractivity contribution < 1.29 is 24.2 Å². The number of benzene rings is 2. The van der Waals surface area contributed by atoms with Crippen LogP contribution in [0, 0.1) is 0 Å². The highest BCUT2D eigenvalue weighted by Crippen LogP contribution is 2.32. The summed E-state index contributed by atoms with van der Waals surface area (Å²) in [5, 5.41) is 11.8. The van der Waals surface area contributed by atoms with Gasteiger partial charge in [0.15, 0.2) is 0 Å². The summed E-state index contributed by atoms with van der Waals surface area (Å²) in [4.78, 5) is 23.0. The Hall–Kier alpha value is -3.02. The van der Waals surface area contributed by atoms with Gasteiger partial charge in [0.05, 0.1) is 18.2 Å². The summed E-state index contributed by atoms with van der Waals surface area (Å²) in [6.45, 7) is 0.598. The highest BCUT2D eigenvalue weighted by molar-refractivity contribution is 5.88. The summed E-state index contributed by atoms with van der Waals surface area (Å²) in [5.74, 6) is -0.534. The van der Waals surface area contributed by atoms with Crippen molar-refractivity contribution in [2.75, 3.05) is 6.61 Å². The number of alkyl carbamates (subject to hydrolysis) is 1. The van der Waals surface area contributed by atoms with E-state index in [-0.39, 0.29) is 18.2 Å². The molecular formula is C18H17NO5. The lowest BCUT2D eigenvalue weighted by Crippen LogP contribution is -2.32. The number of hydrogen-bond acceptors (Lipinski definition) is 4. The maximum atomic E-state index is 12.0. The number of ether oxygens (including phenoxy) is 2. The van der Waals surface area contributed by atoms with E-state index in [0.29, 0.717) is 18.8 Å². The smallest absolute Gasteiger partial charge is 0.407 e. The predicted molar refractivity (Wildman–Crippen MR) is 86.0 cm³/mol. The van der Waals surface area contributed by atoms with Crippen molar-refractivity contribution in [1.82, 2.24) is 5.32 Å². The molecule has 6 nitrogen and oxygen atoms in total. The van der Waals surface area contributed by atoms with Crippen LogP contribution < -0.4 is 10.1 Å². The summed E-state index contributed by atoms with van der Waals surface area (Å²) < 4.78 is 10.7. The van der Waals surface area contributed by atoms with E-state index in [1.807, 2.05) is 30.3 Å². The van der Waals surface area contributed by atoms with Gasteiger partial charge in [-0.15, -0.1) is 0 Å². The van der Waals surface area contributed by atoms with Crippen LogP contribution in [0.2, 0.25) is 0 Å². The van der Waals surface area contributed by atoms with E-state index in [4.69, 9.17) is 14.6 Å². The van der Waals surface area contributed by atoms with Gasteiger partial charge in [-0.25, -0.2) is 9.59 Å². The lowest BCUT2D eigenvalue weighted by Gasteiger charge is -2.26. The minimum absolute atomic E-state index is 0.154. The highest BCUT2D eigenvalue weighted by Gasteiger charge is 2.24. The van der Waals surface area contributed by atoms with Crippen LogP contribution in [0.3, 0.4) is 0 Å². The molecule has 24 heavy (non-hydrogen) atoms. The van der Waals surface area contributed by atoms with Crippen LogP contribution >= 0.6 is 0 Å². The van der Waals surface area contributed by atoms with Gasteiger partial charge in [-0.05, 0) is 17.7 Å². The fraction of sp³-hybridized carbons (Fsp3) is 0.222. The molecule has 1 amide bonds. The third kappa shape index (κ3) is 3.65. The second kappa shape index (κ2) is 7.04. The van der Waals surface area contributed by atoms with E-state index >= 15 is 0 Å². The topological polar surface area (TPSA) is 84.9 Å². The number of carbonyl (C=O) groups is 2. The molecule has 3 rings (SSSR count). The molecule has 1 heterocycles. The molecule has 1 aliphatic rings. The molecule has 0 spiro atoms. The van der Waals surface area contributed by atoms with Gasteiger partial charge in [0, 0.05) is 12.0 Å². The van der Waals surface area contributed by atoms with Gasteiger partial charge in [0.25, 0.3) is 0 Å². The molecule has 0 saturated carbocycles. The number of nitrogens with one attached hydrogen (secondary N) is 1. The van der Waals surface area contributed by atoms with E-state index in [1.54, 1.807) is 6.07 Å². The Morgan fingerprint density at radius 1 is 1.21 bits per heavy atom. The molecule has 1 unspecified atom stereocenters. The van der Waals surface area contributed by atoms with Crippen LogP contribution in [0.1, 0.15) is 33.9 Å². The number of carboxylic acids is 1. The van der Waals surface area contributed by atoms with E-state index in [9.17, 15) is 9.59 Å². The average molecular weight is 327 g/mol. The quantitative estimate of drug-likeness (QED) is 0.901. The van der Waals surface area contributed by atoms with E-state index in [2.05, 4.69) is 5.32 Å². The third-order valence-electron chi connectivity index (χ3n) is 3.80. The molecule has 0 bridgehead atoms. The Labute approximate surface area is 139 Å². The number of carbonyl (C=O) groups excluding carboxylic acids is 1. The first-order valence-corrected chi connectivity index (χ1v) is 7.61. The van der Waals surface area contributed by atoms with Crippen LogP contribution in [0.15, 0.2) is 48.5 Å². The van der Waals surface area contributed by atoms with Gasteiger partial charge in [-0.3, -0.25) is 0 Å². The Morgan fingerprint density at radius 3 is 2.75 bits per heavy atom. The van der Waals surface area contributed by atoms with Gasteiger partial charge < -0.3 is 19.9 Å². The molecule has 0 aliphatic carbocycles. The fourth-order valence-corrected chi connectivity index (χ4v) is 2.58. The summed E-state index contributed by atoms with van der Waals surface area (Å²) in [6, 6.07) is 13.8. The molecule has 1 aliphatic heterocycles. The monoisotopic (exact) mass is 327 g/mol. The molecule has 1 atom stereocenters. The average Bonchev–Trinajstić information content (AvgIpc) is 2.60. The summed E-state index contributed by atoms with van der Waals surface area (Å²) in [5.41, 5.74) is 1.81. The van der Waals surface area contributed by atoms with Crippen LogP contribution in [0.5, 0.6) is 5.75 Å². The zero-order chi connectivity index (χ0) is 16.9. The Morgan fingerprint density at radius 2 is 2.00 bits per heavy atom. The number of rotatable bonds is 4. The predicted octanol–water partition coefficient (Wildman–Crippen LogP) is 3.13. The number of carboxylic acid groups (broad SMARTS) is 1. The molecule has 0 fully saturated rings. The second-order valence-electron chi connectivity index (χ2n) is 5.45. The Balaban J connectivity index is 1.64. The van der Waals surface area contributed by atoms with E-state index < -0.39 is 12.1 Å². The number of hydrogen-bond donors (Lipinski definition) is 2. The first kappa shape index (κ1) is 15.9. The molecule has 2 aromatic carbocycles. The molecule has 2 aromatic rings. The molecule has 0 radical (unpaired) electrons. The van der Waals surface area contributed by atoms with Crippen LogP contribution in [0.4, 0.5) is 4.79 Å². The van der Waals surface area contributed by atoms with Crippen molar-refractivity contribution in [1.29, 1.82) is 0 Å². The second-order valence-corrected chi connectivity index (χ2v) is 5.45. The largest absolute Gasteiger partial charge is 0.493 e. The van der Waals surface area contributed by atoms with Crippen molar-refractivity contribution in [2.45, 2.75) is 19.1 Å². The van der Waals surface area contributed by atoms with Crippen LogP contribution in [-0.2, 0) is 11.3 Å². The van der Waals surface area contributed by atoms with E-state index in [0.717, 1.165) is 11.1 Å². The Kier molecular flexibility index (Phi) is 4.65. The summed E-state index contributed by atoms with van der Waals surface area (Å²) in [6.07, 6.45) is 0.0823. The lowest BCUT2D eigenvalue weighted by molar-refractivity contribution is 0.0695. The molecule has 0 saturated heterocycles. The summed E-state index contributed by atoms with van der Waals surface area (Å²) in [7, 11) is 0. The SMILES string of the molecule is O=C(NC1CCOc2cc(C(=O)O)ccc21)OCc1ccccc1. The maximum absolute atomic E-state index is 12.0. The van der Waals surface area contributed by atoms with E-state index in [1.165, 1.54) is 12.1 Å². The van der Waals surface area contributed by atoms with Crippen molar-refractivity contribution >= 4 is 12.1 Å². The zero-order valence-corrected chi connectivity index (χ0v) is 12.9. The highest BCUT2D eigenvalue weighted by atomic mass is 16.5. The normalized spacial score (nSPS) is 15.8. The van der Waals surface area contributed by atoms with Crippen LogP contribution in [-0.4, -0.2) is 23.8 Å². The standard InChI is InChI=1S/C18H17NO5/c20-17(21)13-6-7-14-15(8-9-23-16(14)10-13)19-18(22)24-11-12-4-2-1-3-5-12/h1-7,10,15H,8-9,11H2,(H,19,22)(H,20,21). The number of fused-ring (bicyclic) bond motifs is 1. The maximum Gasteiger partial charge on any atom is 0.407 e. The van der Waals surface area contributed by atoms with Crippen molar-refractivity contribution in [3.05, 3.63) is 65.2 Å². The molecule has 6 heteroatoms. The van der Waals surface area contributed by atoms with Gasteiger partial charge >= 0.3 is 12.1 Å². The van der Waals surface area contributed by atoms with Gasteiger partial charge in [-0.1, -0.05) is 36.4 Å². The molecule has 0 aromatic heterocycles. The Bertz CT molecular complexity index is 744. The molecule has 2 N–H and O–H groups in total. The minimum atomic E-state index is -1.02. The van der Waals surface area contributed by atoms with Crippen molar-refractivity contribution in [3.8, 4) is 5.75 Å². The first-order chi connectivity index (χ1) is 11.6. The third-order valence-corrected chi connectivity index (χ3v) is 3.80. The minimum Gasteiger partial charge on any atom is -0.493 e. The van der Waals surface area contributed by atoms with Gasteiger partial charge in [0.2, 0.25) is 0 Å². The van der Waals surface area contributed by atoms with Crippen molar-refractivity contribution in [3.63, 3.8) is 0 Å². The van der Waals surface area contributed by atoms with Gasteiger partial charge in [-0.2, -0.15) is 0 Å². The van der Waals surface area contributed by atoms with Gasteiger partial charge in [0.1, 0.15) is 12.4 Å². The molecular weight excluding hydrogens is 310 g/mol. The number of amides is 1. The lowest BCUT2D eigenvalue weighted by atomic mass is 9.99. The molecule has 124 valence electrons. The summed E-state index contributed by atoms with van der Waals surface area (Å²) >= 11 is 0.